The van der Waals surface area contributed by atoms with Crippen LogP contribution in [0.5, 0.6) is 0 Å². The van der Waals surface area contributed by atoms with Crippen LogP contribution < -0.4 is 5.14 Å². The Labute approximate surface area is 96.9 Å². The van der Waals surface area contributed by atoms with Gasteiger partial charge in [0, 0.05) is 7.11 Å². The van der Waals surface area contributed by atoms with Gasteiger partial charge in [0.15, 0.2) is 10.5 Å². The van der Waals surface area contributed by atoms with E-state index >= 15 is 0 Å². The minimum absolute atomic E-state index is 0.0403. The number of rotatable bonds is 6. The molecular weight excluding hydrogens is 256 g/mol. The third-order valence-electron chi connectivity index (χ3n) is 1.54. The number of nitrogens with zero attached hydrogens (tertiary/aromatic N) is 1. The Morgan fingerprint density at radius 2 is 2.38 bits per heavy atom. The molecule has 3 N–H and O–H groups in total. The van der Waals surface area contributed by atoms with Gasteiger partial charge in [-0.25, -0.2) is 18.5 Å². The zero-order chi connectivity index (χ0) is 12.2. The summed E-state index contributed by atoms with van der Waals surface area (Å²) in [4.78, 5) is 3.81. The molecule has 0 bridgehead atoms. The summed E-state index contributed by atoms with van der Waals surface area (Å²) in [7, 11) is -2.30. The van der Waals surface area contributed by atoms with Crippen LogP contribution in [0, 0.1) is 0 Å². The maximum atomic E-state index is 10.9. The van der Waals surface area contributed by atoms with Crippen molar-refractivity contribution in [3.8, 4) is 0 Å². The van der Waals surface area contributed by atoms with Crippen LogP contribution in [0.3, 0.4) is 0 Å². The second-order valence-electron chi connectivity index (χ2n) is 2.85. The van der Waals surface area contributed by atoms with Crippen molar-refractivity contribution in [2.75, 3.05) is 13.9 Å². The van der Waals surface area contributed by atoms with Crippen LogP contribution in [0.1, 0.15) is 5.01 Å². The monoisotopic (exact) mass is 268 g/mol. The SMILES string of the molecule is COCOC(O)Cc1ncc(S(N)(=O)=O)s1. The molecule has 1 heterocycles. The van der Waals surface area contributed by atoms with Gasteiger partial charge in [-0.05, 0) is 0 Å². The standard InChI is InChI=1S/C7H12N2O5S2/c1-13-4-14-6(10)2-5-9-3-7(15-5)16(8,11)12/h3,6,10H,2,4H2,1H3,(H2,8,11,12). The van der Waals surface area contributed by atoms with Gasteiger partial charge < -0.3 is 14.6 Å². The van der Waals surface area contributed by atoms with Crippen molar-refractivity contribution >= 4 is 21.4 Å². The van der Waals surface area contributed by atoms with Crippen molar-refractivity contribution in [1.29, 1.82) is 0 Å². The number of nitrogens with two attached hydrogens (primary N) is 1. The van der Waals surface area contributed by atoms with Gasteiger partial charge in [-0.1, -0.05) is 0 Å². The second kappa shape index (κ2) is 5.66. The molecule has 0 saturated carbocycles. The quantitative estimate of drug-likeness (QED) is 0.658. The third-order valence-corrected chi connectivity index (χ3v) is 3.97. The van der Waals surface area contributed by atoms with Crippen molar-refractivity contribution < 1.29 is 23.0 Å². The van der Waals surface area contributed by atoms with Gasteiger partial charge >= 0.3 is 0 Å². The lowest BCUT2D eigenvalue weighted by Crippen LogP contribution is -2.16. The maximum absolute atomic E-state index is 10.9. The zero-order valence-electron chi connectivity index (χ0n) is 8.49. The molecule has 0 amide bonds. The first-order valence-electron chi connectivity index (χ1n) is 4.19. The number of hydrogen-bond acceptors (Lipinski definition) is 7. The Bertz CT molecular complexity index is 430. The van der Waals surface area contributed by atoms with E-state index in [2.05, 4.69) is 9.72 Å². The van der Waals surface area contributed by atoms with Crippen molar-refractivity contribution in [2.24, 2.45) is 5.14 Å². The van der Waals surface area contributed by atoms with Gasteiger partial charge in [0.05, 0.1) is 17.6 Å². The summed E-state index contributed by atoms with van der Waals surface area (Å²) in [5.41, 5.74) is 0. The molecule has 1 unspecified atom stereocenters. The minimum Gasteiger partial charge on any atom is -0.367 e. The van der Waals surface area contributed by atoms with Crippen LogP contribution in [0.15, 0.2) is 10.4 Å². The molecule has 0 aliphatic carbocycles. The predicted molar refractivity (Wildman–Crippen MR) is 56.2 cm³/mol. The van der Waals surface area contributed by atoms with E-state index in [1.807, 2.05) is 0 Å². The Balaban J connectivity index is 2.59. The molecule has 7 nitrogen and oxygen atoms in total. The Hall–Kier alpha value is -0.580. The van der Waals surface area contributed by atoms with Gasteiger partial charge in [-0.3, -0.25) is 0 Å². The molecule has 1 aromatic heterocycles. The van der Waals surface area contributed by atoms with E-state index in [1.54, 1.807) is 0 Å². The molecule has 0 fully saturated rings. The van der Waals surface area contributed by atoms with Crippen molar-refractivity contribution in [3.05, 3.63) is 11.2 Å². The van der Waals surface area contributed by atoms with E-state index in [0.29, 0.717) is 5.01 Å². The molecule has 0 saturated heterocycles. The molecule has 9 heteroatoms. The number of aliphatic hydroxyl groups excluding tert-OH is 1. The lowest BCUT2D eigenvalue weighted by atomic mass is 10.4. The van der Waals surface area contributed by atoms with Gasteiger partial charge in [-0.15, -0.1) is 11.3 Å². The molecule has 0 aliphatic rings. The van der Waals surface area contributed by atoms with E-state index in [0.717, 1.165) is 17.5 Å². The summed E-state index contributed by atoms with van der Waals surface area (Å²) in [6.45, 7) is -0.0470. The summed E-state index contributed by atoms with van der Waals surface area (Å²) in [6.07, 6.45) is 0.154. The number of primary sulfonamides is 1. The highest BCUT2D eigenvalue weighted by atomic mass is 32.2. The summed E-state index contributed by atoms with van der Waals surface area (Å²) >= 11 is 0.897. The fraction of sp³-hybridized carbons (Fsp3) is 0.571. The van der Waals surface area contributed by atoms with E-state index < -0.39 is 16.3 Å². The van der Waals surface area contributed by atoms with Crippen molar-refractivity contribution in [1.82, 2.24) is 4.98 Å². The highest BCUT2D eigenvalue weighted by Gasteiger charge is 2.15. The molecule has 0 radical (unpaired) electrons. The molecule has 1 atom stereocenters. The number of thiazole rings is 1. The number of aliphatic hydroxyl groups is 1. The van der Waals surface area contributed by atoms with Gasteiger partial charge in [0.1, 0.15) is 6.79 Å². The largest absolute Gasteiger partial charge is 0.367 e. The zero-order valence-corrected chi connectivity index (χ0v) is 10.1. The first-order chi connectivity index (χ1) is 7.43. The summed E-state index contributed by atoms with van der Waals surface area (Å²) < 4.78 is 31.2. The summed E-state index contributed by atoms with van der Waals surface area (Å²) in [6, 6.07) is 0. The number of ether oxygens (including phenoxy) is 2. The first-order valence-corrected chi connectivity index (χ1v) is 6.56. The maximum Gasteiger partial charge on any atom is 0.249 e. The summed E-state index contributed by atoms with van der Waals surface area (Å²) in [5.74, 6) is 0. The highest BCUT2D eigenvalue weighted by molar-refractivity contribution is 7.91. The van der Waals surface area contributed by atoms with Crippen LogP contribution in [0.2, 0.25) is 0 Å². The highest BCUT2D eigenvalue weighted by Crippen LogP contribution is 2.18. The average Bonchev–Trinajstić information content (AvgIpc) is 2.62. The fourth-order valence-electron chi connectivity index (χ4n) is 0.874. The number of methoxy groups -OCH3 is 1. The Morgan fingerprint density at radius 1 is 1.69 bits per heavy atom. The van der Waals surface area contributed by atoms with E-state index in [9.17, 15) is 13.5 Å². The smallest absolute Gasteiger partial charge is 0.249 e. The average molecular weight is 268 g/mol. The van der Waals surface area contributed by atoms with Crippen molar-refractivity contribution in [3.63, 3.8) is 0 Å². The van der Waals surface area contributed by atoms with Gasteiger partial charge in [0.2, 0.25) is 10.0 Å². The van der Waals surface area contributed by atoms with Crippen LogP contribution in [-0.4, -0.2) is 38.7 Å². The number of hydrogen-bond donors (Lipinski definition) is 2. The molecular formula is C7H12N2O5S2. The molecule has 92 valence electrons. The molecule has 0 spiro atoms. The molecule has 0 aliphatic heterocycles. The Kier molecular flexibility index (Phi) is 4.77. The van der Waals surface area contributed by atoms with Gasteiger partial charge in [0.25, 0.3) is 0 Å². The molecule has 1 rings (SSSR count). The lowest BCUT2D eigenvalue weighted by molar-refractivity contribution is -0.159. The topological polar surface area (TPSA) is 112 Å². The normalized spacial score (nSPS) is 13.9. The minimum atomic E-state index is -3.73. The Morgan fingerprint density at radius 3 is 2.88 bits per heavy atom. The molecule has 1 aromatic rings. The fourth-order valence-corrected chi connectivity index (χ4v) is 2.50. The summed E-state index contributed by atoms with van der Waals surface area (Å²) in [5, 5.41) is 14.7. The predicted octanol–water partition coefficient (Wildman–Crippen LogP) is -0.728. The first kappa shape index (κ1) is 13.5. The lowest BCUT2D eigenvalue weighted by Gasteiger charge is -2.08. The molecule has 0 aromatic carbocycles. The second-order valence-corrected chi connectivity index (χ2v) is 5.75. The molecule has 16 heavy (non-hydrogen) atoms. The van der Waals surface area contributed by atoms with Crippen LogP contribution in [0.4, 0.5) is 0 Å². The van der Waals surface area contributed by atoms with E-state index in [-0.39, 0.29) is 17.4 Å². The van der Waals surface area contributed by atoms with Crippen LogP contribution in [-0.2, 0) is 25.9 Å². The van der Waals surface area contributed by atoms with Crippen molar-refractivity contribution in [2.45, 2.75) is 16.9 Å². The van der Waals surface area contributed by atoms with E-state index in [4.69, 9.17) is 9.88 Å². The van der Waals surface area contributed by atoms with Gasteiger partial charge in [-0.2, -0.15) is 0 Å². The van der Waals surface area contributed by atoms with Crippen LogP contribution >= 0.6 is 11.3 Å². The number of aromatic nitrogens is 1. The van der Waals surface area contributed by atoms with Crippen LogP contribution in [0.25, 0.3) is 0 Å². The third kappa shape index (κ3) is 4.12. The number of sulfonamides is 1. The van der Waals surface area contributed by atoms with E-state index in [1.165, 1.54) is 7.11 Å².